The number of benzene rings is 1. The smallest absolute Gasteiger partial charge is 0.305 e. The monoisotopic (exact) mass is 1250 g/mol. The standard InChI is InChI=1S/C52H83N15O15S3/c1-2-3-5-15-40(68)56-17-9-8-13-34-47(76)66-38-29-84-85-30-39(67-49(78)36(25-44(72)73)62-42(70)27-60-45(74)33(63-50(38)79)14-10-18-58-52(54)55)51(80)64-35(24-32-11-6-4-7-12-32)48(77)65-37(28-83-31-43(71)61-34)46(75)59-26-41(69)57-19-21-82-23-22-81-20-16-53/h4,6-7,11-12,33-39H,2-3,5,8-10,13-31,53H2,1H3,(H,56,68)(H,57,69)(H,59,75)(H,60,74)(H,61,71)(H,62,70)(H,63,79)(H,64,80)(H,65,77)(H,66,76)(H,67,78)(H,72,73)(H4,54,55,58)/t33-,34-,35-,36-,37-,38-,39-/m0/s1. The number of aliphatic carboxylic acids is 1. The third-order valence-electron chi connectivity index (χ3n) is 12.5. The van der Waals surface area contributed by atoms with E-state index in [1.165, 1.54) is 0 Å². The van der Waals surface area contributed by atoms with Crippen molar-refractivity contribution >= 4 is 110 Å². The number of unbranched alkanes of at least 4 members (excludes halogenated alkanes) is 3. The number of carboxylic acid groups (broad SMARTS) is 1. The zero-order valence-electron chi connectivity index (χ0n) is 47.6. The number of nitrogens with one attached hydrogen (secondary N) is 13. The first-order valence-corrected chi connectivity index (χ1v) is 31.6. The maximum absolute atomic E-state index is 14.6. The average molecular weight is 1250 g/mol. The van der Waals surface area contributed by atoms with Crippen molar-refractivity contribution in [2.45, 2.75) is 120 Å². The Hall–Kier alpha value is -6.94. The van der Waals surface area contributed by atoms with Crippen LogP contribution < -0.4 is 75.3 Å². The van der Waals surface area contributed by atoms with Gasteiger partial charge in [0.2, 0.25) is 65.0 Å². The van der Waals surface area contributed by atoms with E-state index in [1.54, 1.807) is 30.3 Å². The predicted molar refractivity (Wildman–Crippen MR) is 318 cm³/mol. The minimum atomic E-state index is -1.82. The van der Waals surface area contributed by atoms with Gasteiger partial charge in [0.25, 0.3) is 0 Å². The van der Waals surface area contributed by atoms with E-state index < -0.39 is 133 Å². The average Bonchev–Trinajstić information content (AvgIpc) is 3.49. The molecule has 2 bridgehead atoms. The van der Waals surface area contributed by atoms with Gasteiger partial charge >= 0.3 is 5.97 Å². The summed E-state index contributed by atoms with van der Waals surface area (Å²) in [6, 6.07) is -2.16. The van der Waals surface area contributed by atoms with Gasteiger partial charge in [-0.05, 0) is 44.1 Å². The van der Waals surface area contributed by atoms with Gasteiger partial charge in [0.1, 0.15) is 42.3 Å². The van der Waals surface area contributed by atoms with Gasteiger partial charge in [0, 0.05) is 56.3 Å². The highest BCUT2D eigenvalue weighted by Crippen LogP contribution is 2.24. The van der Waals surface area contributed by atoms with E-state index in [0.29, 0.717) is 38.2 Å². The highest BCUT2D eigenvalue weighted by atomic mass is 33.1. The van der Waals surface area contributed by atoms with Crippen LogP contribution >= 0.6 is 33.3 Å². The molecule has 2 aliphatic heterocycles. The number of carboxylic acids is 1. The molecule has 2 saturated heterocycles. The van der Waals surface area contributed by atoms with Gasteiger partial charge in [-0.1, -0.05) is 71.7 Å². The van der Waals surface area contributed by atoms with Crippen LogP contribution in [0.3, 0.4) is 0 Å². The fourth-order valence-corrected chi connectivity index (χ4v) is 11.2. The quantitative estimate of drug-likeness (QED) is 0.0163. The minimum absolute atomic E-state index is 0.00106. The Morgan fingerprint density at radius 3 is 1.88 bits per heavy atom. The molecule has 3 rings (SSSR count). The van der Waals surface area contributed by atoms with E-state index in [9.17, 15) is 62.6 Å². The molecular weight excluding hydrogens is 1170 g/mol. The van der Waals surface area contributed by atoms with Crippen molar-refractivity contribution < 1.29 is 72.1 Å². The van der Waals surface area contributed by atoms with Crippen molar-refractivity contribution in [3.63, 3.8) is 0 Å². The van der Waals surface area contributed by atoms with Crippen LogP contribution in [0.2, 0.25) is 0 Å². The summed E-state index contributed by atoms with van der Waals surface area (Å²) < 4.78 is 10.7. The van der Waals surface area contributed by atoms with Crippen molar-refractivity contribution in [3.05, 3.63) is 35.9 Å². The summed E-state index contributed by atoms with van der Waals surface area (Å²) in [5, 5.41) is 48.2. The lowest BCUT2D eigenvalue weighted by Gasteiger charge is -2.27. The molecule has 0 aromatic heterocycles. The van der Waals surface area contributed by atoms with E-state index in [2.05, 4.69) is 63.8 Å². The highest BCUT2D eigenvalue weighted by Gasteiger charge is 2.35. The first-order chi connectivity index (χ1) is 40.8. The molecule has 2 fully saturated rings. The van der Waals surface area contributed by atoms with E-state index in [1.807, 2.05) is 6.92 Å². The fourth-order valence-electron chi connectivity index (χ4n) is 8.04. The normalized spacial score (nSPS) is 21.7. The molecule has 0 unspecified atom stereocenters. The van der Waals surface area contributed by atoms with Crippen molar-refractivity contribution in [1.29, 1.82) is 5.41 Å². The molecule has 1 aromatic carbocycles. The van der Waals surface area contributed by atoms with Gasteiger partial charge in [-0.2, -0.15) is 0 Å². The number of fused-ring (bicyclic) bond motifs is 5. The Bertz CT molecular complexity index is 2380. The second kappa shape index (κ2) is 42.0. The molecule has 33 heteroatoms. The van der Waals surface area contributed by atoms with Gasteiger partial charge in [-0.15, -0.1) is 11.8 Å². The van der Waals surface area contributed by atoms with Crippen molar-refractivity contribution in [1.82, 2.24) is 63.8 Å². The zero-order valence-corrected chi connectivity index (χ0v) is 50.1. The first-order valence-electron chi connectivity index (χ1n) is 28.0. The molecule has 0 saturated carbocycles. The first kappa shape index (κ1) is 72.3. The molecule has 0 aliphatic carbocycles. The Balaban J connectivity index is 2.10. The number of hydrogen-bond donors (Lipinski definition) is 16. The Labute approximate surface area is 505 Å². The van der Waals surface area contributed by atoms with Crippen LogP contribution in [-0.4, -0.2) is 213 Å². The SMILES string of the molecule is CCCCCC(=O)NCCCC[C@@H]1NC(=O)CSC[C@@H](C(=O)NCC(=O)NCCOCCOCCN)NC(=O)[C@H](Cc2ccccc2)NC(=O)[C@@H]2CSSC[C@H](NC1=O)C(=O)N[C@@H](CCCNC(=N)N)C(=O)NCC(=O)N[C@@H](CC(=O)O)C(=O)N2. The molecule has 85 heavy (non-hydrogen) atoms. The number of nitrogens with two attached hydrogens (primary N) is 2. The lowest BCUT2D eigenvalue weighted by molar-refractivity contribution is -0.141. The maximum atomic E-state index is 14.6. The van der Waals surface area contributed by atoms with Crippen LogP contribution in [0.4, 0.5) is 0 Å². The minimum Gasteiger partial charge on any atom is -0.481 e. The Morgan fingerprint density at radius 2 is 1.22 bits per heavy atom. The number of rotatable bonds is 28. The summed E-state index contributed by atoms with van der Waals surface area (Å²) in [7, 11) is 1.85. The van der Waals surface area contributed by atoms with Crippen LogP contribution in [0.5, 0.6) is 0 Å². The zero-order chi connectivity index (χ0) is 62.4. The molecule has 2 aliphatic rings. The topological polar surface area (TPSA) is 464 Å². The van der Waals surface area contributed by atoms with Gasteiger partial charge < -0.3 is 89.8 Å². The van der Waals surface area contributed by atoms with Crippen LogP contribution in [0, 0.1) is 5.41 Å². The number of guanidine groups is 1. The van der Waals surface area contributed by atoms with Crippen LogP contribution in [-0.2, 0) is 73.4 Å². The Morgan fingerprint density at radius 1 is 0.624 bits per heavy atom. The van der Waals surface area contributed by atoms with Crippen LogP contribution in [0.15, 0.2) is 30.3 Å². The molecule has 18 N–H and O–H groups in total. The lowest BCUT2D eigenvalue weighted by Crippen LogP contribution is -2.60. The summed E-state index contributed by atoms with van der Waals surface area (Å²) in [6.45, 7) is 2.43. The largest absolute Gasteiger partial charge is 0.481 e. The summed E-state index contributed by atoms with van der Waals surface area (Å²) in [4.78, 5) is 164. The van der Waals surface area contributed by atoms with Crippen LogP contribution in [0.1, 0.15) is 76.7 Å². The van der Waals surface area contributed by atoms with E-state index in [-0.39, 0.29) is 94.1 Å². The maximum Gasteiger partial charge on any atom is 0.305 e. The molecule has 2 heterocycles. The van der Waals surface area contributed by atoms with Gasteiger partial charge in [-0.3, -0.25) is 62.9 Å². The van der Waals surface area contributed by atoms with Crippen molar-refractivity contribution in [3.8, 4) is 0 Å². The molecule has 11 amide bonds. The second-order valence-corrected chi connectivity index (χ2v) is 23.1. The van der Waals surface area contributed by atoms with Gasteiger partial charge in [0.15, 0.2) is 5.96 Å². The molecule has 7 atom stereocenters. The van der Waals surface area contributed by atoms with Crippen molar-refractivity contribution in [2.24, 2.45) is 11.5 Å². The number of hydrogen-bond acceptors (Lipinski definition) is 19. The molecule has 0 spiro atoms. The molecule has 474 valence electrons. The van der Waals surface area contributed by atoms with Gasteiger partial charge in [0.05, 0.1) is 51.7 Å². The van der Waals surface area contributed by atoms with E-state index in [4.69, 9.17) is 26.4 Å². The number of ether oxygens (including phenoxy) is 2. The third kappa shape index (κ3) is 31.1. The van der Waals surface area contributed by atoms with Crippen molar-refractivity contribution in [2.75, 3.05) is 88.7 Å². The lowest BCUT2D eigenvalue weighted by atomic mass is 10.0. The summed E-state index contributed by atoms with van der Waals surface area (Å²) in [5.74, 6) is -12.2. The second-order valence-electron chi connectivity index (χ2n) is 19.5. The molecular formula is C52H83N15O15S3. The molecule has 30 nitrogen and oxygen atoms in total. The number of carbonyl (C=O) groups is 12. The molecule has 1 aromatic rings. The number of amides is 11. The molecule has 0 radical (unpaired) electrons. The number of carbonyl (C=O) groups excluding carboxylic acids is 11. The van der Waals surface area contributed by atoms with E-state index in [0.717, 1.165) is 52.6 Å². The highest BCUT2D eigenvalue weighted by molar-refractivity contribution is 8.76. The van der Waals surface area contributed by atoms with Crippen LogP contribution in [0.25, 0.3) is 0 Å². The summed E-state index contributed by atoms with van der Waals surface area (Å²) >= 11 is 0.871. The summed E-state index contributed by atoms with van der Waals surface area (Å²) in [6.07, 6.45) is 2.43. The Kier molecular flexibility index (Phi) is 35.7. The summed E-state index contributed by atoms with van der Waals surface area (Å²) in [5.41, 5.74) is 11.4. The number of thioether (sulfide) groups is 1. The van der Waals surface area contributed by atoms with E-state index >= 15 is 0 Å². The fraction of sp³-hybridized carbons (Fsp3) is 0.635. The van der Waals surface area contributed by atoms with Gasteiger partial charge in [-0.25, -0.2) is 0 Å². The third-order valence-corrected chi connectivity index (χ3v) is 15.9. The predicted octanol–water partition coefficient (Wildman–Crippen LogP) is -4.29.